The van der Waals surface area contributed by atoms with Crippen LogP contribution in [0.5, 0.6) is 0 Å². The quantitative estimate of drug-likeness (QED) is 0.547. The average Bonchev–Trinajstić information content (AvgIpc) is 2.60. The molecule has 0 radical (unpaired) electrons. The van der Waals surface area contributed by atoms with Gasteiger partial charge in [0.25, 0.3) is 0 Å². The van der Waals surface area contributed by atoms with Crippen LogP contribution in [0.4, 0.5) is 0 Å². The van der Waals surface area contributed by atoms with Crippen LogP contribution in [0.3, 0.4) is 0 Å². The summed E-state index contributed by atoms with van der Waals surface area (Å²) in [6.07, 6.45) is 5.38. The largest absolute Gasteiger partial charge is 0.466 e. The van der Waals surface area contributed by atoms with Gasteiger partial charge in [-0.05, 0) is 56.8 Å². The Bertz CT molecular complexity index is 392. The Morgan fingerprint density at radius 3 is 2.67 bits per heavy atom. The van der Waals surface area contributed by atoms with Gasteiger partial charge in [-0.1, -0.05) is 24.6 Å². The third-order valence-electron chi connectivity index (χ3n) is 4.80. The lowest BCUT2D eigenvalue weighted by atomic mass is 9.83. The monoisotopic (exact) mass is 248 g/mol. The molecular formula is C16H24O2. The highest BCUT2D eigenvalue weighted by molar-refractivity contribution is 5.89. The molecule has 0 aromatic heterocycles. The van der Waals surface area contributed by atoms with Gasteiger partial charge in [-0.25, -0.2) is 4.79 Å². The molecule has 0 aromatic rings. The smallest absolute Gasteiger partial charge is 0.333 e. The maximum absolute atomic E-state index is 11.9. The van der Waals surface area contributed by atoms with Crippen LogP contribution in [0.25, 0.3) is 0 Å². The number of carbonyl (C=O) groups is 1. The van der Waals surface area contributed by atoms with E-state index in [0.29, 0.717) is 17.8 Å². The van der Waals surface area contributed by atoms with Gasteiger partial charge in [0.2, 0.25) is 0 Å². The van der Waals surface area contributed by atoms with E-state index in [0.717, 1.165) is 24.8 Å². The minimum Gasteiger partial charge on any atom is -0.466 e. The minimum absolute atomic E-state index is 0.105. The molecular weight excluding hydrogens is 224 g/mol. The summed E-state index contributed by atoms with van der Waals surface area (Å²) in [6, 6.07) is 0. The number of hydrogen-bond acceptors (Lipinski definition) is 2. The van der Waals surface area contributed by atoms with E-state index >= 15 is 0 Å². The highest BCUT2D eigenvalue weighted by Crippen LogP contribution is 2.46. The van der Waals surface area contributed by atoms with Crippen molar-refractivity contribution in [1.29, 1.82) is 0 Å². The molecule has 2 aliphatic carbocycles. The zero-order valence-corrected chi connectivity index (χ0v) is 11.8. The van der Waals surface area contributed by atoms with E-state index in [-0.39, 0.29) is 5.97 Å². The van der Waals surface area contributed by atoms with Crippen molar-refractivity contribution < 1.29 is 9.53 Å². The maximum atomic E-state index is 11.9. The molecule has 0 amide bonds. The number of rotatable bonds is 2. The third-order valence-corrected chi connectivity index (χ3v) is 4.80. The summed E-state index contributed by atoms with van der Waals surface area (Å²) < 4.78 is 4.97. The summed E-state index contributed by atoms with van der Waals surface area (Å²) in [5, 5.41) is 0. The van der Waals surface area contributed by atoms with Crippen LogP contribution >= 0.6 is 0 Å². The number of carbonyl (C=O) groups excluding carboxylic acids is 1. The molecule has 0 aliphatic heterocycles. The number of allylic oxidation sites excluding steroid dienone is 2. The first-order chi connectivity index (χ1) is 8.54. The number of ether oxygens (including phenoxy) is 1. The number of esters is 1. The molecule has 0 unspecified atom stereocenters. The van der Waals surface area contributed by atoms with E-state index in [4.69, 9.17) is 4.74 Å². The Kier molecular flexibility index (Phi) is 3.94. The van der Waals surface area contributed by atoms with E-state index < -0.39 is 0 Å². The Balaban J connectivity index is 2.31. The number of methoxy groups -OCH3 is 1. The van der Waals surface area contributed by atoms with Gasteiger partial charge in [0, 0.05) is 5.57 Å². The van der Waals surface area contributed by atoms with E-state index in [1.165, 1.54) is 31.1 Å². The van der Waals surface area contributed by atoms with Crippen LogP contribution in [0.1, 0.15) is 46.0 Å². The summed E-state index contributed by atoms with van der Waals surface area (Å²) in [5.74, 6) is 1.72. The van der Waals surface area contributed by atoms with Crippen LogP contribution in [0.15, 0.2) is 23.3 Å². The van der Waals surface area contributed by atoms with Crippen molar-refractivity contribution in [3.05, 3.63) is 23.3 Å². The summed E-state index contributed by atoms with van der Waals surface area (Å²) in [4.78, 5) is 11.9. The molecule has 3 atom stereocenters. The topological polar surface area (TPSA) is 26.3 Å². The van der Waals surface area contributed by atoms with Crippen molar-refractivity contribution in [3.8, 4) is 0 Å². The SMILES string of the molecule is C=C(C)[C@H]1CCC(C(=O)OC)=C2CC[C@@H](C)[C@H]2C1. The molecule has 0 bridgehead atoms. The van der Waals surface area contributed by atoms with E-state index in [1.54, 1.807) is 0 Å². The van der Waals surface area contributed by atoms with Crippen LogP contribution in [-0.2, 0) is 9.53 Å². The van der Waals surface area contributed by atoms with Gasteiger partial charge in [0.05, 0.1) is 7.11 Å². The standard InChI is InChI=1S/C16H24O2/c1-10(2)12-6-8-14(16(17)18-4)13-7-5-11(3)15(13)9-12/h11-12,15H,1,5-9H2,2-4H3/t11-,12+,15-/m1/s1. The molecule has 0 aromatic carbocycles. The van der Waals surface area contributed by atoms with Crippen molar-refractivity contribution >= 4 is 5.97 Å². The Labute approximate surface area is 110 Å². The van der Waals surface area contributed by atoms with Gasteiger partial charge in [-0.15, -0.1) is 0 Å². The summed E-state index contributed by atoms with van der Waals surface area (Å²) in [7, 11) is 1.49. The molecule has 18 heavy (non-hydrogen) atoms. The second kappa shape index (κ2) is 5.29. The predicted molar refractivity (Wildman–Crippen MR) is 73.1 cm³/mol. The first-order valence-corrected chi connectivity index (χ1v) is 7.00. The molecule has 0 spiro atoms. The first kappa shape index (κ1) is 13.4. The van der Waals surface area contributed by atoms with Crippen molar-refractivity contribution in [2.45, 2.75) is 46.0 Å². The molecule has 2 aliphatic rings. The molecule has 1 saturated carbocycles. The molecule has 2 nitrogen and oxygen atoms in total. The normalized spacial score (nSPS) is 31.8. The molecule has 100 valence electrons. The van der Waals surface area contributed by atoms with Gasteiger partial charge in [-0.2, -0.15) is 0 Å². The fourth-order valence-corrected chi connectivity index (χ4v) is 3.57. The predicted octanol–water partition coefficient (Wildman–Crippen LogP) is 3.88. The number of hydrogen-bond donors (Lipinski definition) is 0. The molecule has 0 N–H and O–H groups in total. The summed E-state index contributed by atoms with van der Waals surface area (Å²) in [6.45, 7) is 8.55. The van der Waals surface area contributed by atoms with Crippen LogP contribution in [0, 0.1) is 17.8 Å². The molecule has 0 saturated heterocycles. The summed E-state index contributed by atoms with van der Waals surface area (Å²) >= 11 is 0. The first-order valence-electron chi connectivity index (χ1n) is 7.00. The zero-order chi connectivity index (χ0) is 13.3. The lowest BCUT2D eigenvalue weighted by molar-refractivity contribution is -0.136. The second-order valence-corrected chi connectivity index (χ2v) is 5.94. The lowest BCUT2D eigenvalue weighted by Gasteiger charge is -2.22. The Morgan fingerprint density at radius 1 is 1.33 bits per heavy atom. The van der Waals surface area contributed by atoms with Gasteiger partial charge < -0.3 is 4.74 Å². The van der Waals surface area contributed by atoms with Crippen LogP contribution in [-0.4, -0.2) is 13.1 Å². The van der Waals surface area contributed by atoms with Crippen molar-refractivity contribution in [3.63, 3.8) is 0 Å². The molecule has 2 heteroatoms. The fourth-order valence-electron chi connectivity index (χ4n) is 3.57. The second-order valence-electron chi connectivity index (χ2n) is 5.94. The molecule has 2 rings (SSSR count). The van der Waals surface area contributed by atoms with E-state index in [1.807, 2.05) is 0 Å². The Morgan fingerprint density at radius 2 is 2.06 bits per heavy atom. The van der Waals surface area contributed by atoms with Gasteiger partial charge in [-0.3, -0.25) is 0 Å². The highest BCUT2D eigenvalue weighted by Gasteiger charge is 2.36. The zero-order valence-electron chi connectivity index (χ0n) is 11.8. The van der Waals surface area contributed by atoms with E-state index in [9.17, 15) is 4.79 Å². The fraction of sp³-hybridized carbons (Fsp3) is 0.688. The Hall–Kier alpha value is -1.05. The van der Waals surface area contributed by atoms with E-state index in [2.05, 4.69) is 20.4 Å². The van der Waals surface area contributed by atoms with Crippen LogP contribution < -0.4 is 0 Å². The van der Waals surface area contributed by atoms with Crippen LogP contribution in [0.2, 0.25) is 0 Å². The van der Waals surface area contributed by atoms with Crippen molar-refractivity contribution in [2.75, 3.05) is 7.11 Å². The molecule has 0 heterocycles. The average molecular weight is 248 g/mol. The molecule has 1 fully saturated rings. The summed E-state index contributed by atoms with van der Waals surface area (Å²) in [5.41, 5.74) is 3.62. The van der Waals surface area contributed by atoms with Gasteiger partial charge in [0.15, 0.2) is 0 Å². The van der Waals surface area contributed by atoms with Crippen molar-refractivity contribution in [2.24, 2.45) is 17.8 Å². The number of fused-ring (bicyclic) bond motifs is 1. The third kappa shape index (κ3) is 2.38. The minimum atomic E-state index is -0.105. The lowest BCUT2D eigenvalue weighted by Crippen LogP contribution is -2.12. The van der Waals surface area contributed by atoms with Crippen molar-refractivity contribution in [1.82, 2.24) is 0 Å². The van der Waals surface area contributed by atoms with Gasteiger partial charge in [0.1, 0.15) is 0 Å². The highest BCUT2D eigenvalue weighted by atomic mass is 16.5. The van der Waals surface area contributed by atoms with Gasteiger partial charge >= 0.3 is 5.97 Å². The maximum Gasteiger partial charge on any atom is 0.333 e.